The van der Waals surface area contributed by atoms with Crippen molar-refractivity contribution in [2.75, 3.05) is 11.6 Å². The van der Waals surface area contributed by atoms with Crippen molar-refractivity contribution >= 4 is 41.3 Å². The summed E-state index contributed by atoms with van der Waals surface area (Å²) in [6.07, 6.45) is 3.35. The summed E-state index contributed by atoms with van der Waals surface area (Å²) in [6, 6.07) is 10.9. The molecular weight excluding hydrogens is 442 g/mol. The number of hydrogen-bond acceptors (Lipinski definition) is 7. The van der Waals surface area contributed by atoms with Crippen molar-refractivity contribution in [3.8, 4) is 11.1 Å². The maximum absolute atomic E-state index is 12.9. The minimum absolute atomic E-state index is 0.0914. The third-order valence-corrected chi connectivity index (χ3v) is 5.88. The zero-order chi connectivity index (χ0) is 23.8. The third kappa shape index (κ3) is 4.85. The van der Waals surface area contributed by atoms with Crippen molar-refractivity contribution in [1.29, 1.82) is 0 Å². The first kappa shape index (κ1) is 22.8. The molecule has 3 aromatic rings. The number of aromatic nitrogens is 3. The van der Waals surface area contributed by atoms with E-state index in [1.54, 1.807) is 37.0 Å². The molecule has 1 aromatic carbocycles. The van der Waals surface area contributed by atoms with Gasteiger partial charge in [-0.1, -0.05) is 18.2 Å². The van der Waals surface area contributed by atoms with Gasteiger partial charge in [0.05, 0.1) is 0 Å². The van der Waals surface area contributed by atoms with E-state index in [1.807, 2.05) is 42.8 Å². The van der Waals surface area contributed by atoms with E-state index in [9.17, 15) is 14.4 Å². The molecule has 0 bridgehead atoms. The van der Waals surface area contributed by atoms with Gasteiger partial charge in [-0.3, -0.25) is 14.9 Å². The summed E-state index contributed by atoms with van der Waals surface area (Å²) in [4.78, 5) is 44.0. The van der Waals surface area contributed by atoms with Crippen LogP contribution in [0.15, 0.2) is 47.5 Å². The predicted octanol–water partition coefficient (Wildman–Crippen LogP) is 3.98. The molecule has 0 saturated carbocycles. The van der Waals surface area contributed by atoms with E-state index < -0.39 is 29.6 Å². The molecule has 1 N–H and O–H groups in total. The number of pyridine rings is 1. The Morgan fingerprint density at radius 3 is 2.67 bits per heavy atom. The van der Waals surface area contributed by atoms with Gasteiger partial charge in [-0.25, -0.2) is 14.2 Å². The molecule has 0 unspecified atom stereocenters. The molecule has 0 spiro atoms. The van der Waals surface area contributed by atoms with Crippen LogP contribution in [0.1, 0.15) is 33.6 Å². The molecule has 33 heavy (non-hydrogen) atoms. The van der Waals surface area contributed by atoms with Crippen molar-refractivity contribution in [2.45, 2.75) is 50.2 Å². The summed E-state index contributed by atoms with van der Waals surface area (Å²) in [5, 5.41) is 7.00. The van der Waals surface area contributed by atoms with E-state index in [2.05, 4.69) is 21.5 Å². The minimum atomic E-state index is -0.969. The number of likely N-dealkylation sites (tertiary alicyclic amines) is 1. The summed E-state index contributed by atoms with van der Waals surface area (Å²) in [5.74, 6) is -0.876. The molecule has 3 heterocycles. The predicted molar refractivity (Wildman–Crippen MR) is 125 cm³/mol. The summed E-state index contributed by atoms with van der Waals surface area (Å²) < 4.78 is 6.88. The largest absolute Gasteiger partial charge is 0.443 e. The number of nitrogens with one attached hydrogen (secondary N) is 1. The highest BCUT2D eigenvalue weighted by atomic mass is 32.2. The standard InChI is InChI=1S/C23H25N5O4S/c1-23(2,3)32-22(31)28-16(10-12-19(28)29)20(30)25-21-24-18-11-9-14(13-27(18)26-21)15-7-5-6-8-17(15)33-4/h5-9,11,13,16H,10,12H2,1-4H3,(H,25,26,30)/t16-/m1/s1. The van der Waals surface area contributed by atoms with Crippen LogP contribution in [0, 0.1) is 0 Å². The SMILES string of the molecule is CSc1ccccc1-c1ccc2nc(NC(=O)[C@H]3CCC(=O)N3C(=O)OC(C)(C)C)nn2c1. The van der Waals surface area contributed by atoms with Crippen LogP contribution in [-0.2, 0) is 14.3 Å². The van der Waals surface area contributed by atoms with E-state index in [-0.39, 0.29) is 18.8 Å². The number of imide groups is 1. The van der Waals surface area contributed by atoms with Crippen molar-refractivity contribution in [2.24, 2.45) is 0 Å². The van der Waals surface area contributed by atoms with Gasteiger partial charge in [-0.05, 0) is 57.2 Å². The Morgan fingerprint density at radius 2 is 1.94 bits per heavy atom. The normalized spacial score (nSPS) is 16.3. The fourth-order valence-corrected chi connectivity index (χ4v) is 4.26. The van der Waals surface area contributed by atoms with Gasteiger partial charge in [0, 0.05) is 23.1 Å². The molecule has 1 aliphatic rings. The van der Waals surface area contributed by atoms with Crippen LogP contribution >= 0.6 is 11.8 Å². The Kier molecular flexibility index (Phi) is 6.11. The Balaban J connectivity index is 1.54. The first-order valence-electron chi connectivity index (χ1n) is 10.5. The topological polar surface area (TPSA) is 106 Å². The molecule has 1 atom stereocenters. The lowest BCUT2D eigenvalue weighted by Crippen LogP contribution is -2.47. The number of anilines is 1. The van der Waals surface area contributed by atoms with Crippen LogP contribution in [0.4, 0.5) is 10.7 Å². The number of benzene rings is 1. The summed E-state index contributed by atoms with van der Waals surface area (Å²) in [5.41, 5.74) is 1.82. The molecule has 1 saturated heterocycles. The molecule has 0 radical (unpaired) electrons. The fraction of sp³-hybridized carbons (Fsp3) is 0.348. The number of ether oxygens (including phenoxy) is 1. The zero-order valence-electron chi connectivity index (χ0n) is 18.9. The van der Waals surface area contributed by atoms with Gasteiger partial charge in [-0.2, -0.15) is 4.98 Å². The lowest BCUT2D eigenvalue weighted by molar-refractivity contribution is -0.132. The molecule has 2 aromatic heterocycles. The van der Waals surface area contributed by atoms with E-state index in [0.29, 0.717) is 5.65 Å². The monoisotopic (exact) mass is 467 g/mol. The molecule has 10 heteroatoms. The number of rotatable bonds is 4. The second kappa shape index (κ2) is 8.86. The molecule has 1 fully saturated rings. The van der Waals surface area contributed by atoms with Gasteiger partial charge in [-0.15, -0.1) is 16.9 Å². The number of nitrogens with zero attached hydrogens (tertiary/aromatic N) is 4. The number of carbonyl (C=O) groups is 3. The Labute approximate surface area is 195 Å². The van der Waals surface area contributed by atoms with Crippen molar-refractivity contribution in [3.05, 3.63) is 42.6 Å². The minimum Gasteiger partial charge on any atom is -0.443 e. The molecule has 0 aliphatic carbocycles. The van der Waals surface area contributed by atoms with Gasteiger partial charge in [0.2, 0.25) is 17.8 Å². The number of amides is 3. The van der Waals surface area contributed by atoms with Crippen molar-refractivity contribution in [3.63, 3.8) is 0 Å². The number of hydrogen-bond donors (Lipinski definition) is 1. The van der Waals surface area contributed by atoms with Crippen molar-refractivity contribution in [1.82, 2.24) is 19.5 Å². The fourth-order valence-electron chi connectivity index (χ4n) is 3.64. The molecule has 9 nitrogen and oxygen atoms in total. The van der Waals surface area contributed by atoms with Crippen LogP contribution in [0.5, 0.6) is 0 Å². The van der Waals surface area contributed by atoms with Gasteiger partial charge >= 0.3 is 6.09 Å². The number of thioether (sulfide) groups is 1. The first-order valence-corrected chi connectivity index (χ1v) is 11.7. The van der Waals surface area contributed by atoms with Crippen LogP contribution in [-0.4, -0.2) is 55.3 Å². The Morgan fingerprint density at radius 1 is 1.18 bits per heavy atom. The highest BCUT2D eigenvalue weighted by Crippen LogP contribution is 2.30. The summed E-state index contributed by atoms with van der Waals surface area (Å²) >= 11 is 1.66. The molecule has 172 valence electrons. The van der Waals surface area contributed by atoms with Crippen molar-refractivity contribution < 1.29 is 19.1 Å². The highest BCUT2D eigenvalue weighted by molar-refractivity contribution is 7.98. The van der Waals surface area contributed by atoms with Crippen LogP contribution in [0.25, 0.3) is 16.8 Å². The second-order valence-corrected chi connectivity index (χ2v) is 9.49. The van der Waals surface area contributed by atoms with E-state index in [0.717, 1.165) is 20.9 Å². The zero-order valence-corrected chi connectivity index (χ0v) is 19.7. The quantitative estimate of drug-likeness (QED) is 0.579. The maximum atomic E-state index is 12.9. The average Bonchev–Trinajstić information content (AvgIpc) is 3.34. The van der Waals surface area contributed by atoms with Crippen LogP contribution < -0.4 is 5.32 Å². The summed E-state index contributed by atoms with van der Waals surface area (Å²) in [7, 11) is 0. The molecular formula is C23H25N5O4S. The lowest BCUT2D eigenvalue weighted by atomic mass is 10.1. The van der Waals surface area contributed by atoms with Gasteiger partial charge in [0.1, 0.15) is 11.6 Å². The van der Waals surface area contributed by atoms with Crippen LogP contribution in [0.3, 0.4) is 0 Å². The van der Waals surface area contributed by atoms with Gasteiger partial charge in [0.25, 0.3) is 0 Å². The number of carbonyl (C=O) groups excluding carboxylic acids is 3. The van der Waals surface area contributed by atoms with Gasteiger partial charge < -0.3 is 4.74 Å². The van der Waals surface area contributed by atoms with Crippen LogP contribution in [0.2, 0.25) is 0 Å². The Hall–Kier alpha value is -3.40. The molecule has 3 amide bonds. The molecule has 4 rings (SSSR count). The maximum Gasteiger partial charge on any atom is 0.417 e. The molecule has 1 aliphatic heterocycles. The lowest BCUT2D eigenvalue weighted by Gasteiger charge is -2.26. The smallest absolute Gasteiger partial charge is 0.417 e. The van der Waals surface area contributed by atoms with Gasteiger partial charge in [0.15, 0.2) is 5.65 Å². The third-order valence-electron chi connectivity index (χ3n) is 5.09. The highest BCUT2D eigenvalue weighted by Gasteiger charge is 2.42. The first-order chi connectivity index (χ1) is 15.7. The van der Waals surface area contributed by atoms with E-state index in [4.69, 9.17) is 4.74 Å². The van der Waals surface area contributed by atoms with E-state index in [1.165, 1.54) is 0 Å². The second-order valence-electron chi connectivity index (χ2n) is 8.64. The van der Waals surface area contributed by atoms with E-state index >= 15 is 0 Å². The Bertz CT molecular complexity index is 1230. The summed E-state index contributed by atoms with van der Waals surface area (Å²) in [6.45, 7) is 5.10. The average molecular weight is 468 g/mol. The number of fused-ring (bicyclic) bond motifs is 1.